The molecule has 1 atom stereocenters. The normalized spacial score (nSPS) is 19.2. The average molecular weight is 464 g/mol. The fraction of sp³-hybridized carbons (Fsp3) is 0.423. The van der Waals surface area contributed by atoms with Gasteiger partial charge < -0.3 is 15.7 Å². The second-order valence-corrected chi connectivity index (χ2v) is 9.93. The predicted octanol–water partition coefficient (Wildman–Crippen LogP) is 4.45. The number of fused-ring (bicyclic) bond motifs is 1. The molecule has 0 bridgehead atoms. The lowest BCUT2D eigenvalue weighted by Crippen LogP contribution is -2.45. The van der Waals surface area contributed by atoms with E-state index in [1.165, 1.54) is 16.7 Å². The molecule has 2 aromatic heterocycles. The summed E-state index contributed by atoms with van der Waals surface area (Å²) in [6, 6.07) is 8.60. The second kappa shape index (κ2) is 8.35. The molecule has 1 saturated heterocycles. The van der Waals surface area contributed by atoms with Crippen molar-refractivity contribution in [3.05, 3.63) is 69.3 Å². The van der Waals surface area contributed by atoms with Crippen LogP contribution in [-0.4, -0.2) is 33.1 Å². The molecule has 5 rings (SSSR count). The highest BCUT2D eigenvalue weighted by atomic mass is 35.5. The summed E-state index contributed by atoms with van der Waals surface area (Å²) in [6.45, 7) is 7.45. The van der Waals surface area contributed by atoms with Gasteiger partial charge in [0.1, 0.15) is 5.69 Å². The van der Waals surface area contributed by atoms with Crippen molar-refractivity contribution >= 4 is 17.4 Å². The molecule has 1 aliphatic carbocycles. The number of nitrogens with two attached hydrogens (primary N) is 1. The van der Waals surface area contributed by atoms with Gasteiger partial charge in [0.05, 0.1) is 28.7 Å². The molecule has 3 aromatic rings. The Balaban J connectivity index is 1.41. The summed E-state index contributed by atoms with van der Waals surface area (Å²) in [4.78, 5) is 16.2. The van der Waals surface area contributed by atoms with Crippen LogP contribution in [-0.2, 0) is 13.0 Å². The smallest absolute Gasteiger partial charge is 0.153 e. The molecule has 1 aromatic carbocycles. The molecule has 1 fully saturated rings. The zero-order valence-corrected chi connectivity index (χ0v) is 20.2. The lowest BCUT2D eigenvalue weighted by Gasteiger charge is -2.43. The van der Waals surface area contributed by atoms with E-state index in [1.54, 1.807) is 6.20 Å². The highest BCUT2D eigenvalue weighted by Gasteiger charge is 2.46. The van der Waals surface area contributed by atoms with Gasteiger partial charge in [-0.05, 0) is 62.6 Å². The number of nitrogens with zero attached hydrogens (tertiary/aromatic N) is 4. The van der Waals surface area contributed by atoms with E-state index in [-0.39, 0.29) is 18.1 Å². The number of hydrogen-bond donors (Lipinski definition) is 2. The summed E-state index contributed by atoms with van der Waals surface area (Å²) >= 11 is 6.50. The van der Waals surface area contributed by atoms with Crippen molar-refractivity contribution in [3.8, 4) is 11.3 Å². The van der Waals surface area contributed by atoms with Crippen molar-refractivity contribution in [2.75, 3.05) is 18.0 Å². The van der Waals surface area contributed by atoms with Gasteiger partial charge >= 0.3 is 0 Å². The number of pyridine rings is 1. The summed E-state index contributed by atoms with van der Waals surface area (Å²) in [5, 5.41) is 10.7. The molecule has 7 heteroatoms. The van der Waals surface area contributed by atoms with Crippen LogP contribution in [0.4, 0.5) is 5.82 Å². The van der Waals surface area contributed by atoms with Crippen molar-refractivity contribution in [2.24, 2.45) is 11.1 Å². The third-order valence-corrected chi connectivity index (χ3v) is 7.96. The van der Waals surface area contributed by atoms with Crippen LogP contribution in [0.5, 0.6) is 0 Å². The highest BCUT2D eigenvalue weighted by Crippen LogP contribution is 2.51. The number of piperidine rings is 1. The summed E-state index contributed by atoms with van der Waals surface area (Å²) in [7, 11) is 0. The van der Waals surface area contributed by atoms with Gasteiger partial charge in [0.2, 0.25) is 0 Å². The monoisotopic (exact) mass is 463 g/mol. The molecule has 1 spiro atoms. The molecule has 33 heavy (non-hydrogen) atoms. The third-order valence-electron chi connectivity index (χ3n) is 7.49. The minimum absolute atomic E-state index is 0.0686. The maximum Gasteiger partial charge on any atom is 0.153 e. The van der Waals surface area contributed by atoms with Gasteiger partial charge in [0.15, 0.2) is 5.82 Å². The molecule has 2 aliphatic rings. The molecule has 0 amide bonds. The van der Waals surface area contributed by atoms with Crippen LogP contribution in [0.25, 0.3) is 11.3 Å². The van der Waals surface area contributed by atoms with Gasteiger partial charge in [-0.2, -0.15) is 0 Å². The second-order valence-electron chi connectivity index (χ2n) is 9.55. The van der Waals surface area contributed by atoms with Crippen molar-refractivity contribution < 1.29 is 5.11 Å². The van der Waals surface area contributed by atoms with E-state index in [0.717, 1.165) is 55.1 Å². The molecule has 1 aliphatic heterocycles. The molecule has 0 unspecified atom stereocenters. The quantitative estimate of drug-likeness (QED) is 0.596. The third kappa shape index (κ3) is 3.70. The molecular weight excluding hydrogens is 434 g/mol. The molecular formula is C26H30ClN5O. The maximum atomic E-state index is 10.1. The number of aliphatic hydroxyl groups is 1. The molecule has 172 valence electrons. The molecule has 6 nitrogen and oxygen atoms in total. The fourth-order valence-electron chi connectivity index (χ4n) is 5.52. The Bertz CT molecular complexity index is 1220. The van der Waals surface area contributed by atoms with Crippen LogP contribution in [0.3, 0.4) is 0 Å². The number of halogens is 1. The highest BCUT2D eigenvalue weighted by molar-refractivity contribution is 6.33. The van der Waals surface area contributed by atoms with E-state index in [1.807, 2.05) is 19.9 Å². The Morgan fingerprint density at radius 2 is 1.88 bits per heavy atom. The number of benzene rings is 1. The standard InChI is InChI=1S/C26H30ClN5O/c1-15-4-5-18-13-26(24(28)20(18)12-15)7-10-32(11-8-26)25-21(14-33)31-23(17(3)30-25)19-6-9-29-16(2)22(19)27/h4-6,9,12,24,33H,7-8,10-11,13-14,28H2,1-3H3/t24-/m1/s1. The Kier molecular flexibility index (Phi) is 5.63. The molecule has 0 saturated carbocycles. The summed E-state index contributed by atoms with van der Waals surface area (Å²) in [5.74, 6) is 0.760. The first-order valence-corrected chi connectivity index (χ1v) is 11.9. The topological polar surface area (TPSA) is 88.2 Å². The van der Waals surface area contributed by atoms with Gasteiger partial charge in [-0.1, -0.05) is 35.4 Å². The number of aliphatic hydroxyl groups excluding tert-OH is 1. The van der Waals surface area contributed by atoms with Gasteiger partial charge in [-0.15, -0.1) is 0 Å². The number of hydrogen-bond acceptors (Lipinski definition) is 6. The van der Waals surface area contributed by atoms with Crippen LogP contribution < -0.4 is 10.6 Å². The first kappa shape index (κ1) is 22.3. The van der Waals surface area contributed by atoms with E-state index in [2.05, 4.69) is 35.0 Å². The molecule has 3 N–H and O–H groups in total. The largest absolute Gasteiger partial charge is 0.390 e. The number of aromatic nitrogens is 3. The molecule has 0 radical (unpaired) electrons. The van der Waals surface area contributed by atoms with Gasteiger partial charge in [-0.3, -0.25) is 4.98 Å². The van der Waals surface area contributed by atoms with Crippen LogP contribution in [0, 0.1) is 26.2 Å². The van der Waals surface area contributed by atoms with E-state index in [9.17, 15) is 5.11 Å². The fourth-order valence-corrected chi connectivity index (χ4v) is 5.72. The van der Waals surface area contributed by atoms with Crippen molar-refractivity contribution in [1.82, 2.24) is 15.0 Å². The Morgan fingerprint density at radius 3 is 2.61 bits per heavy atom. The lowest BCUT2D eigenvalue weighted by molar-refractivity contribution is 0.186. The van der Waals surface area contributed by atoms with E-state index < -0.39 is 0 Å². The summed E-state index contributed by atoms with van der Waals surface area (Å²) in [5.41, 5.74) is 14.4. The van der Waals surface area contributed by atoms with Gasteiger partial charge in [-0.25, -0.2) is 9.97 Å². The van der Waals surface area contributed by atoms with Crippen LogP contribution >= 0.6 is 11.6 Å². The van der Waals surface area contributed by atoms with E-state index in [0.29, 0.717) is 16.4 Å². The minimum Gasteiger partial charge on any atom is -0.390 e. The minimum atomic E-state index is -0.177. The average Bonchev–Trinajstić information content (AvgIpc) is 3.07. The molecule has 3 heterocycles. The number of rotatable bonds is 3. The van der Waals surface area contributed by atoms with Gasteiger partial charge in [0.25, 0.3) is 0 Å². The first-order chi connectivity index (χ1) is 15.8. The Hall–Kier alpha value is -2.54. The van der Waals surface area contributed by atoms with Crippen molar-refractivity contribution in [1.29, 1.82) is 0 Å². The Labute approximate surface area is 199 Å². The SMILES string of the molecule is Cc1ccc2c(c1)[C@@H](N)C1(CCN(c3nc(C)c(-c4ccnc(C)c4Cl)nc3CO)CC1)C2. The van der Waals surface area contributed by atoms with Crippen LogP contribution in [0.2, 0.25) is 5.02 Å². The zero-order chi connectivity index (χ0) is 23.3. The van der Waals surface area contributed by atoms with Gasteiger partial charge in [0, 0.05) is 30.9 Å². The van der Waals surface area contributed by atoms with Crippen LogP contribution in [0.1, 0.15) is 52.7 Å². The van der Waals surface area contributed by atoms with Crippen molar-refractivity contribution in [3.63, 3.8) is 0 Å². The summed E-state index contributed by atoms with van der Waals surface area (Å²) in [6.07, 6.45) is 4.74. The maximum absolute atomic E-state index is 10.1. The number of aryl methyl sites for hydroxylation is 3. The number of anilines is 1. The summed E-state index contributed by atoms with van der Waals surface area (Å²) < 4.78 is 0. The lowest BCUT2D eigenvalue weighted by atomic mass is 9.73. The predicted molar refractivity (Wildman–Crippen MR) is 131 cm³/mol. The van der Waals surface area contributed by atoms with Crippen molar-refractivity contribution in [2.45, 2.75) is 52.7 Å². The zero-order valence-electron chi connectivity index (χ0n) is 19.4. The van der Waals surface area contributed by atoms with E-state index in [4.69, 9.17) is 27.3 Å². The first-order valence-electron chi connectivity index (χ1n) is 11.5. The van der Waals surface area contributed by atoms with Crippen LogP contribution in [0.15, 0.2) is 30.5 Å². The Morgan fingerprint density at radius 1 is 1.12 bits per heavy atom. The van der Waals surface area contributed by atoms with E-state index >= 15 is 0 Å².